The number of para-hydroxylation sites is 1. The zero-order valence-electron chi connectivity index (χ0n) is 12.0. The first-order valence-corrected chi connectivity index (χ1v) is 7.51. The van der Waals surface area contributed by atoms with Crippen molar-refractivity contribution in [3.05, 3.63) is 66.0 Å². The van der Waals surface area contributed by atoms with Crippen LogP contribution >= 0.6 is 0 Å². The Labute approximate surface area is 125 Å². The maximum Gasteiger partial charge on any atom is 0.128 e. The molecule has 0 unspecified atom stereocenters. The van der Waals surface area contributed by atoms with Crippen molar-refractivity contribution in [2.24, 2.45) is 5.92 Å². The standard InChI is InChI=1S/C18H20FNO/c19-16-10-8-14(9-11-16)18(15-5-4-12-20-13-15)21-17-6-2-1-3-7-17/h1-3,6-11,15,18,20H,4-5,12-13H2/t15-,18+/m1/s1. The average Bonchev–Trinajstić information content (AvgIpc) is 2.55. The highest BCUT2D eigenvalue weighted by Crippen LogP contribution is 2.32. The summed E-state index contributed by atoms with van der Waals surface area (Å²) in [6.45, 7) is 2.01. The Morgan fingerprint density at radius 2 is 1.81 bits per heavy atom. The molecule has 110 valence electrons. The van der Waals surface area contributed by atoms with Gasteiger partial charge in [-0.15, -0.1) is 0 Å². The molecular weight excluding hydrogens is 265 g/mol. The summed E-state index contributed by atoms with van der Waals surface area (Å²) in [6, 6.07) is 16.5. The molecule has 1 heterocycles. The molecule has 3 heteroatoms. The van der Waals surface area contributed by atoms with Crippen molar-refractivity contribution in [1.82, 2.24) is 5.32 Å². The summed E-state index contributed by atoms with van der Waals surface area (Å²) >= 11 is 0. The van der Waals surface area contributed by atoms with Gasteiger partial charge >= 0.3 is 0 Å². The number of halogens is 1. The van der Waals surface area contributed by atoms with Gasteiger partial charge in [0.1, 0.15) is 17.7 Å². The van der Waals surface area contributed by atoms with Gasteiger partial charge < -0.3 is 10.1 Å². The lowest BCUT2D eigenvalue weighted by molar-refractivity contribution is 0.116. The molecule has 1 fully saturated rings. The van der Waals surface area contributed by atoms with E-state index >= 15 is 0 Å². The van der Waals surface area contributed by atoms with Crippen molar-refractivity contribution in [3.63, 3.8) is 0 Å². The third kappa shape index (κ3) is 3.61. The third-order valence-corrected chi connectivity index (χ3v) is 3.97. The Morgan fingerprint density at radius 3 is 2.48 bits per heavy atom. The fourth-order valence-corrected chi connectivity index (χ4v) is 2.87. The van der Waals surface area contributed by atoms with Crippen molar-refractivity contribution >= 4 is 0 Å². The first-order valence-electron chi connectivity index (χ1n) is 7.51. The van der Waals surface area contributed by atoms with Crippen LogP contribution in [0.25, 0.3) is 0 Å². The van der Waals surface area contributed by atoms with E-state index in [9.17, 15) is 4.39 Å². The van der Waals surface area contributed by atoms with Crippen LogP contribution in [0, 0.1) is 11.7 Å². The van der Waals surface area contributed by atoms with Crippen LogP contribution in [0.1, 0.15) is 24.5 Å². The number of nitrogens with one attached hydrogen (secondary N) is 1. The van der Waals surface area contributed by atoms with Gasteiger partial charge in [0, 0.05) is 12.5 Å². The quantitative estimate of drug-likeness (QED) is 0.918. The maximum atomic E-state index is 13.2. The lowest BCUT2D eigenvalue weighted by atomic mass is 9.89. The predicted molar refractivity (Wildman–Crippen MR) is 81.8 cm³/mol. The van der Waals surface area contributed by atoms with Crippen molar-refractivity contribution in [1.29, 1.82) is 0 Å². The number of piperidine rings is 1. The number of hydrogen-bond acceptors (Lipinski definition) is 2. The van der Waals surface area contributed by atoms with E-state index in [1.54, 1.807) is 0 Å². The highest BCUT2D eigenvalue weighted by atomic mass is 19.1. The van der Waals surface area contributed by atoms with Crippen molar-refractivity contribution < 1.29 is 9.13 Å². The molecule has 2 atom stereocenters. The molecule has 0 saturated carbocycles. The van der Waals surface area contributed by atoms with Crippen LogP contribution in [0.5, 0.6) is 5.75 Å². The number of hydrogen-bond donors (Lipinski definition) is 1. The van der Waals surface area contributed by atoms with Crippen LogP contribution in [0.2, 0.25) is 0 Å². The lowest BCUT2D eigenvalue weighted by Gasteiger charge is -2.31. The lowest BCUT2D eigenvalue weighted by Crippen LogP contribution is -2.35. The normalized spacial score (nSPS) is 20.0. The SMILES string of the molecule is Fc1ccc([C@H](Oc2ccccc2)[C@@H]2CCCNC2)cc1. The van der Waals surface area contributed by atoms with E-state index in [1.807, 2.05) is 42.5 Å². The maximum absolute atomic E-state index is 13.2. The van der Waals surface area contributed by atoms with Gasteiger partial charge in [-0.1, -0.05) is 30.3 Å². The summed E-state index contributed by atoms with van der Waals surface area (Å²) in [6.07, 6.45) is 2.24. The molecule has 0 amide bonds. The molecule has 21 heavy (non-hydrogen) atoms. The Hall–Kier alpha value is -1.87. The van der Waals surface area contributed by atoms with E-state index in [1.165, 1.54) is 12.1 Å². The van der Waals surface area contributed by atoms with Gasteiger partial charge in [-0.3, -0.25) is 0 Å². The molecule has 1 saturated heterocycles. The van der Waals surface area contributed by atoms with Crippen molar-refractivity contribution in [2.75, 3.05) is 13.1 Å². The van der Waals surface area contributed by atoms with Gasteiger partial charge in [-0.25, -0.2) is 4.39 Å². The van der Waals surface area contributed by atoms with Crippen LogP contribution in [0.4, 0.5) is 4.39 Å². The van der Waals surface area contributed by atoms with Crippen molar-refractivity contribution in [2.45, 2.75) is 18.9 Å². The minimum absolute atomic E-state index is 0.0409. The van der Waals surface area contributed by atoms with Crippen molar-refractivity contribution in [3.8, 4) is 5.75 Å². The summed E-state index contributed by atoms with van der Waals surface area (Å²) in [5.74, 6) is 1.06. The van der Waals surface area contributed by atoms with Crippen LogP contribution in [0.15, 0.2) is 54.6 Å². The van der Waals surface area contributed by atoms with E-state index in [4.69, 9.17) is 4.74 Å². The van der Waals surface area contributed by atoms with E-state index in [0.29, 0.717) is 5.92 Å². The summed E-state index contributed by atoms with van der Waals surface area (Å²) in [5, 5.41) is 3.43. The van der Waals surface area contributed by atoms with Gasteiger partial charge in [0.15, 0.2) is 0 Å². The molecule has 1 N–H and O–H groups in total. The molecule has 1 aliphatic heterocycles. The first kappa shape index (κ1) is 14.1. The molecule has 0 bridgehead atoms. The summed E-state index contributed by atoms with van der Waals surface area (Å²) < 4.78 is 19.4. The minimum atomic E-state index is -0.209. The van der Waals surface area contributed by atoms with Gasteiger partial charge in [-0.2, -0.15) is 0 Å². The average molecular weight is 285 g/mol. The zero-order valence-corrected chi connectivity index (χ0v) is 12.0. The molecular formula is C18H20FNO. The molecule has 3 rings (SSSR count). The number of benzene rings is 2. The monoisotopic (exact) mass is 285 g/mol. The Morgan fingerprint density at radius 1 is 1.05 bits per heavy atom. The molecule has 0 aliphatic carbocycles. The molecule has 2 aromatic carbocycles. The smallest absolute Gasteiger partial charge is 0.128 e. The van der Waals surface area contributed by atoms with Crippen LogP contribution < -0.4 is 10.1 Å². The number of rotatable bonds is 4. The minimum Gasteiger partial charge on any atom is -0.485 e. The second-order valence-corrected chi connectivity index (χ2v) is 5.51. The van der Waals surface area contributed by atoms with Crippen LogP contribution in [-0.2, 0) is 0 Å². The molecule has 0 radical (unpaired) electrons. The van der Waals surface area contributed by atoms with E-state index in [0.717, 1.165) is 37.2 Å². The van der Waals surface area contributed by atoms with Crippen LogP contribution in [0.3, 0.4) is 0 Å². The second kappa shape index (κ2) is 6.72. The van der Waals surface area contributed by atoms with E-state index in [-0.39, 0.29) is 11.9 Å². The molecule has 0 aromatic heterocycles. The van der Waals surface area contributed by atoms with Gasteiger partial charge in [0.05, 0.1) is 0 Å². The number of ether oxygens (including phenoxy) is 1. The van der Waals surface area contributed by atoms with Gasteiger partial charge in [0.25, 0.3) is 0 Å². The van der Waals surface area contributed by atoms with E-state index < -0.39 is 0 Å². The first-order chi connectivity index (χ1) is 10.3. The largest absolute Gasteiger partial charge is 0.485 e. The molecule has 0 spiro atoms. The summed E-state index contributed by atoms with van der Waals surface area (Å²) in [5.41, 5.74) is 1.04. The fourth-order valence-electron chi connectivity index (χ4n) is 2.87. The Bertz CT molecular complexity index is 549. The fraction of sp³-hybridized carbons (Fsp3) is 0.333. The van der Waals surface area contributed by atoms with Crippen LogP contribution in [-0.4, -0.2) is 13.1 Å². The van der Waals surface area contributed by atoms with Gasteiger partial charge in [0.2, 0.25) is 0 Å². The van der Waals surface area contributed by atoms with Gasteiger partial charge in [-0.05, 0) is 49.2 Å². The third-order valence-electron chi connectivity index (χ3n) is 3.97. The summed E-state index contributed by atoms with van der Waals surface area (Å²) in [7, 11) is 0. The second-order valence-electron chi connectivity index (χ2n) is 5.51. The Kier molecular flexibility index (Phi) is 4.51. The molecule has 2 nitrogen and oxygen atoms in total. The Balaban J connectivity index is 1.84. The summed E-state index contributed by atoms with van der Waals surface area (Å²) in [4.78, 5) is 0. The zero-order chi connectivity index (χ0) is 14.5. The topological polar surface area (TPSA) is 21.3 Å². The molecule has 2 aromatic rings. The highest BCUT2D eigenvalue weighted by Gasteiger charge is 2.26. The van der Waals surface area contributed by atoms with E-state index in [2.05, 4.69) is 5.32 Å². The highest BCUT2D eigenvalue weighted by molar-refractivity contribution is 5.25. The predicted octanol–water partition coefficient (Wildman–Crippen LogP) is 3.95. The molecule has 1 aliphatic rings.